The highest BCUT2D eigenvalue weighted by Gasteiger charge is 2.25. The number of amides is 1. The van der Waals surface area contributed by atoms with E-state index in [2.05, 4.69) is 16.3 Å². The number of hydrogen-bond acceptors (Lipinski definition) is 5. The number of nitrogens with one attached hydrogen (secondary N) is 1. The van der Waals surface area contributed by atoms with Gasteiger partial charge < -0.3 is 19.5 Å². The lowest BCUT2D eigenvalue weighted by Gasteiger charge is -2.28. The molecule has 2 aliphatic rings. The molecule has 1 N–H and O–H groups in total. The van der Waals surface area contributed by atoms with Crippen molar-refractivity contribution in [2.24, 2.45) is 0 Å². The highest BCUT2D eigenvalue weighted by molar-refractivity contribution is 5.78. The lowest BCUT2D eigenvalue weighted by molar-refractivity contribution is -0.123. The van der Waals surface area contributed by atoms with Gasteiger partial charge in [-0.05, 0) is 42.7 Å². The number of hydrogen-bond donors (Lipinski definition) is 1. The Morgan fingerprint density at radius 2 is 1.86 bits per heavy atom. The Kier molecular flexibility index (Phi) is 6.52. The van der Waals surface area contributed by atoms with Crippen LogP contribution in [-0.4, -0.2) is 43.3 Å². The monoisotopic (exact) mass is 396 g/mol. The Labute approximate surface area is 171 Å². The third kappa shape index (κ3) is 5.41. The molecular weight excluding hydrogens is 368 g/mol. The van der Waals surface area contributed by atoms with Crippen LogP contribution in [0.3, 0.4) is 0 Å². The predicted octanol–water partition coefficient (Wildman–Crippen LogP) is 3.36. The van der Waals surface area contributed by atoms with Gasteiger partial charge in [-0.25, -0.2) is 0 Å². The first kappa shape index (κ1) is 19.6. The zero-order chi connectivity index (χ0) is 19.9. The molecule has 0 spiro atoms. The van der Waals surface area contributed by atoms with E-state index in [9.17, 15) is 4.79 Å². The normalized spacial score (nSPS) is 15.6. The van der Waals surface area contributed by atoms with Gasteiger partial charge >= 0.3 is 0 Å². The van der Waals surface area contributed by atoms with Gasteiger partial charge in [0.2, 0.25) is 12.7 Å². The summed E-state index contributed by atoms with van der Waals surface area (Å²) in [5.74, 6) is 2.43. The van der Waals surface area contributed by atoms with Crippen molar-refractivity contribution in [1.29, 1.82) is 0 Å². The number of benzene rings is 2. The SMILES string of the molecule is O=C(CN(Cc1ccc2c(c1)OCO2)C1CCCC1)NCCOc1ccccc1. The van der Waals surface area contributed by atoms with Crippen LogP contribution in [0.1, 0.15) is 31.2 Å². The molecule has 2 aromatic rings. The van der Waals surface area contributed by atoms with Crippen LogP contribution in [0.5, 0.6) is 17.2 Å². The molecule has 6 heteroatoms. The molecule has 2 aromatic carbocycles. The first-order valence-corrected chi connectivity index (χ1v) is 10.3. The molecule has 1 heterocycles. The van der Waals surface area contributed by atoms with Crippen molar-refractivity contribution in [2.75, 3.05) is 26.5 Å². The van der Waals surface area contributed by atoms with Gasteiger partial charge in [-0.3, -0.25) is 9.69 Å². The van der Waals surface area contributed by atoms with Crippen molar-refractivity contribution in [2.45, 2.75) is 38.3 Å². The van der Waals surface area contributed by atoms with Crippen molar-refractivity contribution in [3.05, 3.63) is 54.1 Å². The molecule has 0 atom stereocenters. The molecule has 154 valence electrons. The molecule has 1 fully saturated rings. The van der Waals surface area contributed by atoms with Gasteiger partial charge in [0, 0.05) is 12.6 Å². The first-order chi connectivity index (χ1) is 14.3. The lowest BCUT2D eigenvalue weighted by Crippen LogP contribution is -2.42. The van der Waals surface area contributed by atoms with Crippen LogP contribution < -0.4 is 19.5 Å². The minimum absolute atomic E-state index is 0.0364. The molecule has 1 saturated carbocycles. The second-order valence-electron chi connectivity index (χ2n) is 7.54. The Morgan fingerprint density at radius 3 is 2.69 bits per heavy atom. The van der Waals surface area contributed by atoms with Crippen LogP contribution in [0.25, 0.3) is 0 Å². The molecule has 0 bridgehead atoms. The van der Waals surface area contributed by atoms with Gasteiger partial charge in [-0.15, -0.1) is 0 Å². The maximum Gasteiger partial charge on any atom is 0.234 e. The second-order valence-corrected chi connectivity index (χ2v) is 7.54. The smallest absolute Gasteiger partial charge is 0.234 e. The van der Waals surface area contributed by atoms with Crippen LogP contribution in [0.4, 0.5) is 0 Å². The largest absolute Gasteiger partial charge is 0.492 e. The Balaban J connectivity index is 1.29. The summed E-state index contributed by atoms with van der Waals surface area (Å²) in [6.45, 7) is 2.36. The van der Waals surface area contributed by atoms with E-state index >= 15 is 0 Å². The number of carbonyl (C=O) groups excluding carboxylic acids is 1. The average molecular weight is 396 g/mol. The van der Waals surface area contributed by atoms with Crippen LogP contribution >= 0.6 is 0 Å². The van der Waals surface area contributed by atoms with Crippen LogP contribution in [0.2, 0.25) is 0 Å². The summed E-state index contributed by atoms with van der Waals surface area (Å²) in [6.07, 6.45) is 4.76. The molecule has 4 rings (SSSR count). The molecule has 0 radical (unpaired) electrons. The summed E-state index contributed by atoms with van der Waals surface area (Å²) in [4.78, 5) is 14.8. The fraction of sp³-hybridized carbons (Fsp3) is 0.435. The van der Waals surface area contributed by atoms with E-state index in [1.54, 1.807) is 0 Å². The van der Waals surface area contributed by atoms with Gasteiger partial charge in [-0.1, -0.05) is 37.1 Å². The van der Waals surface area contributed by atoms with Crippen molar-refractivity contribution >= 4 is 5.91 Å². The lowest BCUT2D eigenvalue weighted by atomic mass is 10.1. The van der Waals surface area contributed by atoms with Crippen molar-refractivity contribution in [3.63, 3.8) is 0 Å². The Bertz CT molecular complexity index is 806. The van der Waals surface area contributed by atoms with Gasteiger partial charge in [-0.2, -0.15) is 0 Å². The summed E-state index contributed by atoms with van der Waals surface area (Å²) in [7, 11) is 0. The highest BCUT2D eigenvalue weighted by atomic mass is 16.7. The van der Waals surface area contributed by atoms with E-state index in [1.807, 2.05) is 42.5 Å². The van der Waals surface area contributed by atoms with E-state index < -0.39 is 0 Å². The van der Waals surface area contributed by atoms with E-state index in [4.69, 9.17) is 14.2 Å². The number of nitrogens with zero attached hydrogens (tertiary/aromatic N) is 1. The summed E-state index contributed by atoms with van der Waals surface area (Å²) < 4.78 is 16.5. The van der Waals surface area contributed by atoms with Gasteiger partial charge in [0.15, 0.2) is 11.5 Å². The number of ether oxygens (including phenoxy) is 3. The van der Waals surface area contributed by atoms with Crippen molar-refractivity contribution < 1.29 is 19.0 Å². The topological polar surface area (TPSA) is 60.0 Å². The third-order valence-corrected chi connectivity index (χ3v) is 5.45. The summed E-state index contributed by atoms with van der Waals surface area (Å²) in [5, 5.41) is 2.98. The summed E-state index contributed by atoms with van der Waals surface area (Å²) in [6, 6.07) is 16.1. The minimum Gasteiger partial charge on any atom is -0.492 e. The zero-order valence-electron chi connectivity index (χ0n) is 16.6. The molecular formula is C23H28N2O4. The fourth-order valence-electron chi connectivity index (χ4n) is 3.97. The molecule has 0 aromatic heterocycles. The molecule has 0 unspecified atom stereocenters. The van der Waals surface area contributed by atoms with Gasteiger partial charge in [0.25, 0.3) is 0 Å². The Hall–Kier alpha value is -2.73. The first-order valence-electron chi connectivity index (χ1n) is 10.3. The van der Waals surface area contributed by atoms with Crippen LogP contribution in [0, 0.1) is 0 Å². The molecule has 6 nitrogen and oxygen atoms in total. The molecule has 0 saturated heterocycles. The van der Waals surface area contributed by atoms with E-state index in [1.165, 1.54) is 12.8 Å². The predicted molar refractivity (Wildman–Crippen MR) is 110 cm³/mol. The number of carbonyl (C=O) groups is 1. The quantitative estimate of drug-likeness (QED) is 0.659. The minimum atomic E-state index is 0.0364. The third-order valence-electron chi connectivity index (χ3n) is 5.45. The summed E-state index contributed by atoms with van der Waals surface area (Å²) >= 11 is 0. The standard InChI is InChI=1S/C23H28N2O4/c26-23(24-12-13-27-20-8-2-1-3-9-20)16-25(19-6-4-5-7-19)15-18-10-11-21-22(14-18)29-17-28-21/h1-3,8-11,14,19H,4-7,12-13,15-17H2,(H,24,26). The number of fused-ring (bicyclic) bond motifs is 1. The maximum absolute atomic E-state index is 12.5. The fourth-order valence-corrected chi connectivity index (χ4v) is 3.97. The Morgan fingerprint density at radius 1 is 1.07 bits per heavy atom. The van der Waals surface area contributed by atoms with E-state index in [0.29, 0.717) is 25.7 Å². The van der Waals surface area contributed by atoms with Crippen LogP contribution in [0.15, 0.2) is 48.5 Å². The van der Waals surface area contributed by atoms with Gasteiger partial charge in [0.1, 0.15) is 12.4 Å². The average Bonchev–Trinajstić information content (AvgIpc) is 3.43. The molecule has 1 aliphatic carbocycles. The van der Waals surface area contributed by atoms with Crippen molar-refractivity contribution in [3.8, 4) is 17.2 Å². The molecule has 29 heavy (non-hydrogen) atoms. The second kappa shape index (κ2) is 9.65. The maximum atomic E-state index is 12.5. The summed E-state index contributed by atoms with van der Waals surface area (Å²) in [5.41, 5.74) is 1.14. The van der Waals surface area contributed by atoms with Crippen molar-refractivity contribution in [1.82, 2.24) is 10.2 Å². The molecule has 1 amide bonds. The van der Waals surface area contributed by atoms with E-state index in [-0.39, 0.29) is 12.7 Å². The highest BCUT2D eigenvalue weighted by Crippen LogP contribution is 2.33. The van der Waals surface area contributed by atoms with Crippen LogP contribution in [-0.2, 0) is 11.3 Å². The number of para-hydroxylation sites is 1. The number of rotatable bonds is 9. The van der Waals surface area contributed by atoms with E-state index in [0.717, 1.165) is 42.2 Å². The zero-order valence-corrected chi connectivity index (χ0v) is 16.6. The molecule has 1 aliphatic heterocycles. The van der Waals surface area contributed by atoms with Gasteiger partial charge in [0.05, 0.1) is 13.1 Å².